The molecule has 1 heterocycles. The van der Waals surface area contributed by atoms with Crippen LogP contribution >= 0.6 is 0 Å². The molecule has 3 rings (SSSR count). The van der Waals surface area contributed by atoms with E-state index < -0.39 is 11.9 Å². The molecule has 0 aliphatic heterocycles. The van der Waals surface area contributed by atoms with Crippen molar-refractivity contribution in [2.75, 3.05) is 13.2 Å². The second-order valence-electron chi connectivity index (χ2n) is 6.30. The molecule has 0 aliphatic carbocycles. The number of nitrogens with one attached hydrogen (secondary N) is 1. The molecule has 0 bridgehead atoms. The van der Waals surface area contributed by atoms with Gasteiger partial charge in [-0.3, -0.25) is 4.79 Å². The molecule has 0 saturated carbocycles. The topological polar surface area (TPSA) is 99.4 Å². The number of hydrogen-bond donors (Lipinski definition) is 1. The van der Waals surface area contributed by atoms with Gasteiger partial charge in [-0.1, -0.05) is 12.1 Å². The first-order chi connectivity index (χ1) is 15.6. The highest BCUT2D eigenvalue weighted by atomic mass is 16.5. The van der Waals surface area contributed by atoms with Crippen molar-refractivity contribution in [3.05, 3.63) is 84.3 Å². The molecule has 0 fully saturated rings. The molecule has 3 aromatic rings. The van der Waals surface area contributed by atoms with Crippen LogP contribution in [0.3, 0.4) is 0 Å². The van der Waals surface area contributed by atoms with Crippen molar-refractivity contribution < 1.29 is 28.2 Å². The number of benzene rings is 2. The average molecular weight is 434 g/mol. The summed E-state index contributed by atoms with van der Waals surface area (Å²) in [6, 6.07) is 17.2. The van der Waals surface area contributed by atoms with Crippen LogP contribution in [-0.2, 0) is 9.59 Å². The summed E-state index contributed by atoms with van der Waals surface area (Å²) in [6.45, 7) is 2.16. The van der Waals surface area contributed by atoms with E-state index >= 15 is 0 Å². The lowest BCUT2D eigenvalue weighted by molar-refractivity contribution is -0.129. The van der Waals surface area contributed by atoms with Gasteiger partial charge >= 0.3 is 5.97 Å². The van der Waals surface area contributed by atoms with E-state index in [0.29, 0.717) is 35.2 Å². The van der Waals surface area contributed by atoms with Crippen LogP contribution < -0.4 is 19.6 Å². The second kappa shape index (κ2) is 11.8. The smallest absolute Gasteiger partial charge is 0.336 e. The van der Waals surface area contributed by atoms with Crippen LogP contribution in [0.2, 0.25) is 0 Å². The van der Waals surface area contributed by atoms with Gasteiger partial charge < -0.3 is 18.6 Å². The Morgan fingerprint density at radius 2 is 1.75 bits per heavy atom. The number of carbonyl (C=O) groups excluding carboxylic acids is 2. The molecule has 0 atom stereocenters. The molecule has 1 N–H and O–H groups in total. The van der Waals surface area contributed by atoms with E-state index in [1.165, 1.54) is 24.6 Å². The fourth-order valence-corrected chi connectivity index (χ4v) is 2.51. The Morgan fingerprint density at radius 1 is 1.00 bits per heavy atom. The first kappa shape index (κ1) is 22.4. The second-order valence-corrected chi connectivity index (χ2v) is 6.30. The molecule has 8 heteroatoms. The van der Waals surface area contributed by atoms with Gasteiger partial charge in [-0.15, -0.1) is 0 Å². The van der Waals surface area contributed by atoms with Crippen LogP contribution in [-0.4, -0.2) is 31.3 Å². The predicted octanol–water partition coefficient (Wildman–Crippen LogP) is 3.83. The van der Waals surface area contributed by atoms with Crippen LogP contribution in [0.15, 0.2) is 82.5 Å². The van der Waals surface area contributed by atoms with Gasteiger partial charge in [0.15, 0.2) is 18.1 Å². The summed E-state index contributed by atoms with van der Waals surface area (Å²) in [7, 11) is 0. The normalized spacial score (nSPS) is 10.9. The number of rotatable bonds is 10. The highest BCUT2D eigenvalue weighted by Crippen LogP contribution is 2.26. The molecule has 0 spiro atoms. The van der Waals surface area contributed by atoms with E-state index in [2.05, 4.69) is 10.5 Å². The van der Waals surface area contributed by atoms with E-state index in [-0.39, 0.29) is 6.61 Å². The third kappa shape index (κ3) is 7.17. The van der Waals surface area contributed by atoms with Crippen molar-refractivity contribution in [3.8, 4) is 17.2 Å². The van der Waals surface area contributed by atoms with Crippen molar-refractivity contribution in [2.24, 2.45) is 5.10 Å². The number of hydrogen-bond acceptors (Lipinski definition) is 7. The van der Waals surface area contributed by atoms with Gasteiger partial charge in [0, 0.05) is 6.08 Å². The Labute approximate surface area is 185 Å². The van der Waals surface area contributed by atoms with Gasteiger partial charge in [-0.05, 0) is 67.1 Å². The minimum Gasteiger partial charge on any atom is -0.490 e. The Balaban J connectivity index is 1.43. The maximum Gasteiger partial charge on any atom is 0.336 e. The van der Waals surface area contributed by atoms with Gasteiger partial charge in [-0.25, -0.2) is 10.2 Å². The largest absolute Gasteiger partial charge is 0.490 e. The monoisotopic (exact) mass is 434 g/mol. The number of ether oxygens (including phenoxy) is 3. The quantitative estimate of drug-likeness (QED) is 0.171. The average Bonchev–Trinajstić information content (AvgIpc) is 3.32. The van der Waals surface area contributed by atoms with E-state index in [9.17, 15) is 9.59 Å². The standard InChI is InChI=1S/C24H22N2O6/c1-2-29-21-7-3-4-8-22(21)31-17-23(27)26-25-16-18-9-11-20(12-10-18)32-24(28)14-13-19-6-5-15-30-19/h3-16H,2,17H2,1H3,(H,26,27)/b14-13+,25-16-. The summed E-state index contributed by atoms with van der Waals surface area (Å²) in [5.41, 5.74) is 3.10. The first-order valence-electron chi connectivity index (χ1n) is 9.84. The molecule has 0 aliphatic rings. The molecular formula is C24H22N2O6. The highest BCUT2D eigenvalue weighted by molar-refractivity contribution is 5.88. The molecule has 0 saturated heterocycles. The third-order valence-corrected chi connectivity index (χ3v) is 3.94. The van der Waals surface area contributed by atoms with E-state index in [1.807, 2.05) is 13.0 Å². The molecule has 164 valence electrons. The van der Waals surface area contributed by atoms with Crippen molar-refractivity contribution in [3.63, 3.8) is 0 Å². The minimum atomic E-state index is -0.527. The summed E-state index contributed by atoms with van der Waals surface area (Å²) in [6.07, 6.45) is 5.78. The summed E-state index contributed by atoms with van der Waals surface area (Å²) >= 11 is 0. The number of nitrogens with zero attached hydrogens (tertiary/aromatic N) is 1. The maximum absolute atomic E-state index is 11.9. The van der Waals surface area contributed by atoms with E-state index in [0.717, 1.165) is 0 Å². The zero-order valence-electron chi connectivity index (χ0n) is 17.4. The van der Waals surface area contributed by atoms with Gasteiger partial charge in [0.25, 0.3) is 5.91 Å². The van der Waals surface area contributed by atoms with Crippen LogP contribution in [0.4, 0.5) is 0 Å². The van der Waals surface area contributed by atoms with Crippen molar-refractivity contribution in [1.29, 1.82) is 0 Å². The van der Waals surface area contributed by atoms with Gasteiger partial charge in [0.1, 0.15) is 11.5 Å². The summed E-state index contributed by atoms with van der Waals surface area (Å²) in [5, 5.41) is 3.90. The van der Waals surface area contributed by atoms with Crippen LogP contribution in [0, 0.1) is 0 Å². The molecule has 8 nitrogen and oxygen atoms in total. The van der Waals surface area contributed by atoms with Crippen molar-refractivity contribution in [2.45, 2.75) is 6.92 Å². The lowest BCUT2D eigenvalue weighted by atomic mass is 10.2. The number of furan rings is 1. The lowest BCUT2D eigenvalue weighted by Crippen LogP contribution is -2.24. The number of carbonyl (C=O) groups is 2. The van der Waals surface area contributed by atoms with Gasteiger partial charge in [0.05, 0.1) is 19.1 Å². The number of esters is 1. The summed E-state index contributed by atoms with van der Waals surface area (Å²) in [5.74, 6) is 1.05. The Bertz CT molecular complexity index is 1070. The number of hydrazone groups is 1. The zero-order valence-corrected chi connectivity index (χ0v) is 17.4. The van der Waals surface area contributed by atoms with Gasteiger partial charge in [0.2, 0.25) is 0 Å². The molecule has 0 radical (unpaired) electrons. The Kier molecular flexibility index (Phi) is 8.21. The Morgan fingerprint density at radius 3 is 2.44 bits per heavy atom. The van der Waals surface area contributed by atoms with Gasteiger partial charge in [-0.2, -0.15) is 5.10 Å². The first-order valence-corrected chi connectivity index (χ1v) is 9.84. The van der Waals surface area contributed by atoms with E-state index in [4.69, 9.17) is 18.6 Å². The SMILES string of the molecule is CCOc1ccccc1OCC(=O)N/N=C\c1ccc(OC(=O)/C=C/c2ccco2)cc1. The van der Waals surface area contributed by atoms with Crippen molar-refractivity contribution in [1.82, 2.24) is 5.43 Å². The molecular weight excluding hydrogens is 412 g/mol. The lowest BCUT2D eigenvalue weighted by Gasteiger charge is -2.10. The fraction of sp³-hybridized carbons (Fsp3) is 0.125. The Hall–Kier alpha value is -4.33. The predicted molar refractivity (Wildman–Crippen MR) is 119 cm³/mol. The molecule has 1 aromatic heterocycles. The maximum atomic E-state index is 11.9. The highest BCUT2D eigenvalue weighted by Gasteiger charge is 2.06. The zero-order chi connectivity index (χ0) is 22.6. The molecule has 1 amide bonds. The molecule has 2 aromatic carbocycles. The number of amides is 1. The fourth-order valence-electron chi connectivity index (χ4n) is 2.51. The van der Waals surface area contributed by atoms with Crippen LogP contribution in [0.1, 0.15) is 18.2 Å². The summed E-state index contributed by atoms with van der Waals surface area (Å²) in [4.78, 5) is 23.8. The third-order valence-electron chi connectivity index (χ3n) is 3.94. The van der Waals surface area contributed by atoms with Crippen LogP contribution in [0.25, 0.3) is 6.08 Å². The number of para-hydroxylation sites is 2. The van der Waals surface area contributed by atoms with Crippen LogP contribution in [0.5, 0.6) is 17.2 Å². The summed E-state index contributed by atoms with van der Waals surface area (Å²) < 4.78 is 21.2. The molecule has 0 unspecified atom stereocenters. The minimum absolute atomic E-state index is 0.207. The molecule has 32 heavy (non-hydrogen) atoms. The van der Waals surface area contributed by atoms with E-state index in [1.54, 1.807) is 54.6 Å². The van der Waals surface area contributed by atoms with Crippen molar-refractivity contribution >= 4 is 24.2 Å².